The molecule has 1 saturated carbocycles. The molecule has 6 nitrogen and oxygen atoms in total. The smallest absolute Gasteiger partial charge is 0.251 e. The average molecular weight is 435 g/mol. The average Bonchev–Trinajstić information content (AvgIpc) is 3.59. The summed E-state index contributed by atoms with van der Waals surface area (Å²) in [5.41, 5.74) is 3.97. The molecule has 2 N–H and O–H groups in total. The molecule has 0 unspecified atom stereocenters. The van der Waals surface area contributed by atoms with Crippen molar-refractivity contribution in [2.45, 2.75) is 45.2 Å². The fraction of sp³-hybridized carbons (Fsp3) is 0.462. The van der Waals surface area contributed by atoms with Crippen molar-refractivity contribution in [3.05, 3.63) is 65.2 Å². The molecule has 2 aliphatic rings. The van der Waals surface area contributed by atoms with Crippen LogP contribution in [0.1, 0.15) is 54.1 Å². The lowest BCUT2D eigenvalue weighted by molar-refractivity contribution is -0.117. The Kier molecular flexibility index (Phi) is 7.22. The van der Waals surface area contributed by atoms with Crippen LogP contribution in [0.15, 0.2) is 48.5 Å². The molecule has 32 heavy (non-hydrogen) atoms. The number of hydrogen-bond donors (Lipinski definition) is 2. The number of carbonyl (C=O) groups is 2. The van der Waals surface area contributed by atoms with Crippen LogP contribution < -0.4 is 10.6 Å². The van der Waals surface area contributed by atoms with Gasteiger partial charge in [-0.1, -0.05) is 44.2 Å². The second-order valence-electron chi connectivity index (χ2n) is 9.33. The normalized spacial score (nSPS) is 17.3. The summed E-state index contributed by atoms with van der Waals surface area (Å²) in [6.07, 6.45) is 2.11. The number of benzene rings is 2. The van der Waals surface area contributed by atoms with E-state index in [2.05, 4.69) is 58.5 Å². The van der Waals surface area contributed by atoms with Gasteiger partial charge in [-0.15, -0.1) is 0 Å². The second kappa shape index (κ2) is 10.3. The van der Waals surface area contributed by atoms with Gasteiger partial charge in [-0.05, 0) is 48.1 Å². The molecule has 0 atom stereocenters. The van der Waals surface area contributed by atoms with Crippen LogP contribution in [0.3, 0.4) is 0 Å². The molecule has 170 valence electrons. The first-order valence-corrected chi connectivity index (χ1v) is 11.7. The van der Waals surface area contributed by atoms with Gasteiger partial charge in [-0.25, -0.2) is 0 Å². The van der Waals surface area contributed by atoms with Gasteiger partial charge in [0, 0.05) is 50.0 Å². The summed E-state index contributed by atoms with van der Waals surface area (Å²) in [7, 11) is 0. The van der Waals surface area contributed by atoms with Crippen molar-refractivity contribution in [3.8, 4) is 0 Å². The van der Waals surface area contributed by atoms with Gasteiger partial charge in [-0.3, -0.25) is 19.4 Å². The molecule has 1 heterocycles. The number of nitrogens with one attached hydrogen (secondary N) is 2. The molecule has 0 aromatic heterocycles. The first-order chi connectivity index (χ1) is 15.5. The summed E-state index contributed by atoms with van der Waals surface area (Å²) in [5, 5.41) is 5.93. The van der Waals surface area contributed by atoms with Gasteiger partial charge >= 0.3 is 0 Å². The molecule has 6 heteroatoms. The standard InChI is InChI=1S/C26H34N4O2/c1-19(2)21-8-6-20(7-9-21)17-29-12-14-30(15-13-29)18-25(31)27-24-5-3-4-22(16-24)26(32)28-23-10-11-23/h3-9,16,19,23H,10-15,17-18H2,1-2H3,(H,27,31)(H,28,32). The number of carbonyl (C=O) groups excluding carboxylic acids is 2. The van der Waals surface area contributed by atoms with Crippen LogP contribution >= 0.6 is 0 Å². The zero-order valence-electron chi connectivity index (χ0n) is 19.1. The van der Waals surface area contributed by atoms with Crippen LogP contribution in [0.4, 0.5) is 5.69 Å². The van der Waals surface area contributed by atoms with Crippen molar-refractivity contribution in [1.82, 2.24) is 15.1 Å². The number of anilines is 1. The Morgan fingerprint density at radius 1 is 0.969 bits per heavy atom. The molecule has 4 rings (SSSR count). The number of rotatable bonds is 8. The van der Waals surface area contributed by atoms with Crippen LogP contribution in [0, 0.1) is 0 Å². The zero-order valence-corrected chi connectivity index (χ0v) is 19.1. The van der Waals surface area contributed by atoms with Gasteiger partial charge in [0.1, 0.15) is 0 Å². The number of piperazine rings is 1. The molecule has 2 amide bonds. The summed E-state index contributed by atoms with van der Waals surface area (Å²) >= 11 is 0. The van der Waals surface area contributed by atoms with Gasteiger partial charge in [0.2, 0.25) is 5.91 Å². The van der Waals surface area contributed by atoms with E-state index in [9.17, 15) is 9.59 Å². The van der Waals surface area contributed by atoms with E-state index in [4.69, 9.17) is 0 Å². The van der Waals surface area contributed by atoms with E-state index < -0.39 is 0 Å². The number of nitrogens with zero attached hydrogens (tertiary/aromatic N) is 2. The summed E-state index contributed by atoms with van der Waals surface area (Å²) in [6.45, 7) is 9.41. The molecule has 2 aromatic rings. The Bertz CT molecular complexity index is 929. The molecule has 1 aliphatic carbocycles. The SMILES string of the molecule is CC(C)c1ccc(CN2CCN(CC(=O)Nc3cccc(C(=O)NC4CC4)c3)CC2)cc1. The predicted molar refractivity (Wildman–Crippen MR) is 128 cm³/mol. The minimum atomic E-state index is -0.0708. The van der Waals surface area contributed by atoms with Crippen LogP contribution in [-0.4, -0.2) is 60.4 Å². The highest BCUT2D eigenvalue weighted by Crippen LogP contribution is 2.20. The fourth-order valence-corrected chi connectivity index (χ4v) is 4.01. The minimum absolute atomic E-state index is 0.0394. The predicted octanol–water partition coefficient (Wildman–Crippen LogP) is 3.46. The Labute approximate surface area is 191 Å². The maximum Gasteiger partial charge on any atom is 0.251 e. The first-order valence-electron chi connectivity index (χ1n) is 11.7. The summed E-state index contributed by atoms with van der Waals surface area (Å²) in [4.78, 5) is 29.4. The first kappa shape index (κ1) is 22.5. The Hall–Kier alpha value is -2.70. The van der Waals surface area contributed by atoms with E-state index in [1.165, 1.54) is 11.1 Å². The second-order valence-corrected chi connectivity index (χ2v) is 9.33. The van der Waals surface area contributed by atoms with Gasteiger partial charge in [0.05, 0.1) is 6.54 Å². The molecule has 2 fully saturated rings. The van der Waals surface area contributed by atoms with Crippen molar-refractivity contribution in [2.24, 2.45) is 0 Å². The van der Waals surface area contributed by atoms with Gasteiger partial charge in [-0.2, -0.15) is 0 Å². The highest BCUT2D eigenvalue weighted by molar-refractivity contribution is 5.97. The fourth-order valence-electron chi connectivity index (χ4n) is 4.01. The molecule has 2 aromatic carbocycles. The minimum Gasteiger partial charge on any atom is -0.349 e. The van der Waals surface area contributed by atoms with Crippen molar-refractivity contribution < 1.29 is 9.59 Å². The molecule has 1 saturated heterocycles. The summed E-state index contributed by atoms with van der Waals surface area (Å²) in [5.74, 6) is 0.446. The van der Waals surface area contributed by atoms with Gasteiger partial charge in [0.25, 0.3) is 5.91 Å². The topological polar surface area (TPSA) is 64.7 Å². The van der Waals surface area contributed by atoms with E-state index in [0.717, 1.165) is 45.6 Å². The maximum atomic E-state index is 12.5. The Morgan fingerprint density at radius 3 is 2.31 bits per heavy atom. The van der Waals surface area contributed by atoms with E-state index in [1.807, 2.05) is 12.1 Å². The molecule has 0 bridgehead atoms. The van der Waals surface area contributed by atoms with E-state index in [1.54, 1.807) is 12.1 Å². The van der Waals surface area contributed by atoms with E-state index >= 15 is 0 Å². The Balaban J connectivity index is 1.21. The summed E-state index contributed by atoms with van der Waals surface area (Å²) in [6, 6.07) is 16.4. The Morgan fingerprint density at radius 2 is 1.66 bits per heavy atom. The quantitative estimate of drug-likeness (QED) is 0.668. The molecular formula is C26H34N4O2. The monoisotopic (exact) mass is 434 g/mol. The van der Waals surface area contributed by atoms with Crippen molar-refractivity contribution in [3.63, 3.8) is 0 Å². The maximum absolute atomic E-state index is 12.5. The zero-order chi connectivity index (χ0) is 22.5. The van der Waals surface area contributed by atoms with E-state index in [0.29, 0.717) is 29.8 Å². The van der Waals surface area contributed by atoms with Gasteiger partial charge < -0.3 is 10.6 Å². The lowest BCUT2D eigenvalue weighted by Gasteiger charge is -2.34. The summed E-state index contributed by atoms with van der Waals surface area (Å²) < 4.78 is 0. The molecule has 0 radical (unpaired) electrons. The lowest BCUT2D eigenvalue weighted by atomic mass is 10.0. The molecular weight excluding hydrogens is 400 g/mol. The van der Waals surface area contributed by atoms with Crippen LogP contribution in [0.5, 0.6) is 0 Å². The number of hydrogen-bond acceptors (Lipinski definition) is 4. The third-order valence-corrected chi connectivity index (χ3v) is 6.21. The third kappa shape index (κ3) is 6.40. The largest absolute Gasteiger partial charge is 0.349 e. The third-order valence-electron chi connectivity index (χ3n) is 6.21. The lowest BCUT2D eigenvalue weighted by Crippen LogP contribution is -2.48. The van der Waals surface area contributed by atoms with Crippen LogP contribution in [-0.2, 0) is 11.3 Å². The van der Waals surface area contributed by atoms with Crippen molar-refractivity contribution in [1.29, 1.82) is 0 Å². The highest BCUT2D eigenvalue weighted by atomic mass is 16.2. The van der Waals surface area contributed by atoms with Crippen molar-refractivity contribution in [2.75, 3.05) is 38.0 Å². The number of amides is 2. The highest BCUT2D eigenvalue weighted by Gasteiger charge is 2.24. The van der Waals surface area contributed by atoms with E-state index in [-0.39, 0.29) is 11.8 Å². The molecule has 0 spiro atoms. The molecule has 1 aliphatic heterocycles. The van der Waals surface area contributed by atoms with Crippen LogP contribution in [0.2, 0.25) is 0 Å². The van der Waals surface area contributed by atoms with Crippen LogP contribution in [0.25, 0.3) is 0 Å². The van der Waals surface area contributed by atoms with Gasteiger partial charge in [0.15, 0.2) is 0 Å². The van der Waals surface area contributed by atoms with Crippen molar-refractivity contribution >= 4 is 17.5 Å².